The van der Waals surface area contributed by atoms with Crippen molar-refractivity contribution in [2.24, 2.45) is 5.73 Å². The number of carbonyl (C=O) groups excluding carboxylic acids is 1. The zero-order valence-electron chi connectivity index (χ0n) is 9.84. The Morgan fingerprint density at radius 3 is 2.83 bits per heavy atom. The molecule has 0 fully saturated rings. The molecule has 2 rings (SSSR count). The first-order valence-corrected chi connectivity index (χ1v) is 5.57. The number of hydrogen-bond donors (Lipinski definition) is 3. The summed E-state index contributed by atoms with van der Waals surface area (Å²) in [7, 11) is 0. The minimum atomic E-state index is -0.443. The van der Waals surface area contributed by atoms with Crippen LogP contribution in [0.15, 0.2) is 36.7 Å². The van der Waals surface area contributed by atoms with Crippen molar-refractivity contribution in [3.8, 4) is 0 Å². The van der Waals surface area contributed by atoms with Crippen molar-refractivity contribution in [1.29, 1.82) is 0 Å². The molecule has 1 amide bonds. The van der Waals surface area contributed by atoms with Gasteiger partial charge in [-0.15, -0.1) is 0 Å². The number of benzene rings is 1. The lowest BCUT2D eigenvalue weighted by Gasteiger charge is -2.09. The van der Waals surface area contributed by atoms with E-state index in [0.717, 1.165) is 5.69 Å². The number of nitrogens with one attached hydrogen (secondary N) is 1. The predicted octanol–water partition coefficient (Wildman–Crippen LogP) is 0.676. The van der Waals surface area contributed by atoms with Gasteiger partial charge in [0, 0.05) is 18.4 Å². The second-order valence-corrected chi connectivity index (χ2v) is 3.87. The quantitative estimate of drug-likeness (QED) is 0.721. The van der Waals surface area contributed by atoms with Crippen LogP contribution in [-0.2, 0) is 6.54 Å². The number of anilines is 2. The smallest absolute Gasteiger partial charge is 0.250 e. The maximum atomic E-state index is 11.2. The number of para-hydroxylation sites is 1. The summed E-state index contributed by atoms with van der Waals surface area (Å²) in [5.41, 5.74) is 12.7. The number of rotatable bonds is 5. The molecule has 0 saturated carbocycles. The third kappa shape index (κ3) is 2.79. The van der Waals surface area contributed by atoms with Crippen molar-refractivity contribution in [2.75, 3.05) is 17.6 Å². The third-order valence-electron chi connectivity index (χ3n) is 2.50. The molecule has 0 aliphatic heterocycles. The van der Waals surface area contributed by atoms with Gasteiger partial charge in [-0.3, -0.25) is 9.48 Å². The Hall–Kier alpha value is -2.50. The molecule has 0 spiro atoms. The SMILES string of the molecule is NC(=O)c1ccccc1NCCn1cc(N)cn1. The van der Waals surface area contributed by atoms with Crippen molar-refractivity contribution in [2.45, 2.75) is 6.54 Å². The first-order chi connectivity index (χ1) is 8.66. The summed E-state index contributed by atoms with van der Waals surface area (Å²) in [6, 6.07) is 7.13. The number of amides is 1. The highest BCUT2D eigenvalue weighted by molar-refractivity contribution is 5.98. The number of nitrogen functional groups attached to an aromatic ring is 1. The molecule has 0 radical (unpaired) electrons. The summed E-state index contributed by atoms with van der Waals surface area (Å²) < 4.78 is 1.73. The topological polar surface area (TPSA) is 99.0 Å². The van der Waals surface area contributed by atoms with Crippen LogP contribution in [0.3, 0.4) is 0 Å². The number of nitrogens with two attached hydrogens (primary N) is 2. The van der Waals surface area contributed by atoms with Crippen LogP contribution in [0.2, 0.25) is 0 Å². The van der Waals surface area contributed by atoms with E-state index in [-0.39, 0.29) is 0 Å². The van der Waals surface area contributed by atoms with Crippen LogP contribution in [0.5, 0.6) is 0 Å². The molecule has 0 aliphatic rings. The van der Waals surface area contributed by atoms with Crippen molar-refractivity contribution >= 4 is 17.3 Å². The lowest BCUT2D eigenvalue weighted by Crippen LogP contribution is -2.16. The van der Waals surface area contributed by atoms with Gasteiger partial charge in [0.25, 0.3) is 5.91 Å². The lowest BCUT2D eigenvalue weighted by molar-refractivity contribution is 0.100. The normalized spacial score (nSPS) is 10.2. The fourth-order valence-corrected chi connectivity index (χ4v) is 1.66. The number of carbonyl (C=O) groups is 1. The Balaban J connectivity index is 1.96. The first-order valence-electron chi connectivity index (χ1n) is 5.57. The average Bonchev–Trinajstić information content (AvgIpc) is 2.75. The molecule has 0 saturated heterocycles. The lowest BCUT2D eigenvalue weighted by atomic mass is 10.1. The third-order valence-corrected chi connectivity index (χ3v) is 2.50. The Morgan fingerprint density at radius 1 is 1.39 bits per heavy atom. The molecule has 0 aliphatic carbocycles. The standard InChI is InChI=1S/C12H15N5O/c13-9-7-16-17(8-9)6-5-15-11-4-2-1-3-10(11)12(14)18/h1-4,7-8,15H,5-6,13H2,(H2,14,18). The Bertz CT molecular complexity index is 549. The summed E-state index contributed by atoms with van der Waals surface area (Å²) in [6.45, 7) is 1.29. The van der Waals surface area contributed by atoms with Crippen LogP contribution < -0.4 is 16.8 Å². The molecule has 18 heavy (non-hydrogen) atoms. The molecule has 6 heteroatoms. The largest absolute Gasteiger partial charge is 0.396 e. The van der Waals surface area contributed by atoms with E-state index in [0.29, 0.717) is 24.3 Å². The van der Waals surface area contributed by atoms with E-state index in [1.807, 2.05) is 12.1 Å². The van der Waals surface area contributed by atoms with E-state index in [9.17, 15) is 4.79 Å². The molecule has 0 unspecified atom stereocenters. The molecule has 6 nitrogen and oxygen atoms in total. The summed E-state index contributed by atoms with van der Waals surface area (Å²) in [5, 5.41) is 7.21. The van der Waals surface area contributed by atoms with Crippen LogP contribution in [0.4, 0.5) is 11.4 Å². The maximum Gasteiger partial charge on any atom is 0.250 e. The van der Waals surface area contributed by atoms with E-state index in [2.05, 4.69) is 10.4 Å². The molecule has 0 bridgehead atoms. The van der Waals surface area contributed by atoms with Gasteiger partial charge in [-0.25, -0.2) is 0 Å². The highest BCUT2D eigenvalue weighted by Crippen LogP contribution is 2.13. The van der Waals surface area contributed by atoms with Gasteiger partial charge in [0.05, 0.1) is 24.0 Å². The highest BCUT2D eigenvalue weighted by Gasteiger charge is 2.06. The van der Waals surface area contributed by atoms with Gasteiger partial charge in [-0.1, -0.05) is 12.1 Å². The summed E-state index contributed by atoms with van der Waals surface area (Å²) in [6.07, 6.45) is 3.35. The van der Waals surface area contributed by atoms with Gasteiger partial charge >= 0.3 is 0 Å². The van der Waals surface area contributed by atoms with Crippen molar-refractivity contribution in [3.63, 3.8) is 0 Å². The molecular weight excluding hydrogens is 230 g/mol. The number of hydrogen-bond acceptors (Lipinski definition) is 4. The molecule has 2 aromatic rings. The summed E-state index contributed by atoms with van der Waals surface area (Å²) in [5.74, 6) is -0.443. The van der Waals surface area contributed by atoms with Crippen LogP contribution in [-0.4, -0.2) is 22.2 Å². The molecule has 1 aromatic carbocycles. The maximum absolute atomic E-state index is 11.2. The van der Waals surface area contributed by atoms with E-state index < -0.39 is 5.91 Å². The van der Waals surface area contributed by atoms with E-state index in [4.69, 9.17) is 11.5 Å². The van der Waals surface area contributed by atoms with Crippen LogP contribution >= 0.6 is 0 Å². The van der Waals surface area contributed by atoms with Crippen molar-refractivity contribution < 1.29 is 4.79 Å². The van der Waals surface area contributed by atoms with Gasteiger partial charge in [-0.05, 0) is 12.1 Å². The molecule has 5 N–H and O–H groups in total. The van der Waals surface area contributed by atoms with Gasteiger partial charge in [0.15, 0.2) is 0 Å². The Morgan fingerprint density at radius 2 is 2.17 bits per heavy atom. The van der Waals surface area contributed by atoms with Crippen molar-refractivity contribution in [3.05, 3.63) is 42.2 Å². The Kier molecular flexibility index (Phi) is 3.47. The second kappa shape index (κ2) is 5.22. The van der Waals surface area contributed by atoms with Gasteiger partial charge < -0.3 is 16.8 Å². The van der Waals surface area contributed by atoms with E-state index in [1.165, 1.54) is 0 Å². The Labute approximate surface area is 105 Å². The number of primary amides is 1. The van der Waals surface area contributed by atoms with Crippen molar-refractivity contribution in [1.82, 2.24) is 9.78 Å². The monoisotopic (exact) mass is 245 g/mol. The average molecular weight is 245 g/mol. The van der Waals surface area contributed by atoms with Gasteiger partial charge in [-0.2, -0.15) is 5.10 Å². The summed E-state index contributed by atoms with van der Waals surface area (Å²) in [4.78, 5) is 11.2. The zero-order valence-corrected chi connectivity index (χ0v) is 9.84. The summed E-state index contributed by atoms with van der Waals surface area (Å²) >= 11 is 0. The zero-order chi connectivity index (χ0) is 13.0. The van der Waals surface area contributed by atoms with Gasteiger partial charge in [0.2, 0.25) is 0 Å². The fraction of sp³-hybridized carbons (Fsp3) is 0.167. The molecule has 94 valence electrons. The fourth-order valence-electron chi connectivity index (χ4n) is 1.66. The number of nitrogens with zero attached hydrogens (tertiary/aromatic N) is 2. The molecular formula is C12H15N5O. The van der Waals surface area contributed by atoms with Gasteiger partial charge in [0.1, 0.15) is 0 Å². The molecule has 1 aromatic heterocycles. The van der Waals surface area contributed by atoms with Crippen LogP contribution in [0, 0.1) is 0 Å². The molecule has 1 heterocycles. The predicted molar refractivity (Wildman–Crippen MR) is 70.1 cm³/mol. The van der Waals surface area contributed by atoms with Crippen LogP contribution in [0.25, 0.3) is 0 Å². The first kappa shape index (κ1) is 12.0. The minimum Gasteiger partial charge on any atom is -0.396 e. The minimum absolute atomic E-state index is 0.443. The van der Waals surface area contributed by atoms with E-state index >= 15 is 0 Å². The van der Waals surface area contributed by atoms with Crippen LogP contribution in [0.1, 0.15) is 10.4 Å². The number of aromatic nitrogens is 2. The highest BCUT2D eigenvalue weighted by atomic mass is 16.1. The second-order valence-electron chi connectivity index (χ2n) is 3.87. The molecule has 0 atom stereocenters. The van der Waals surface area contributed by atoms with E-state index in [1.54, 1.807) is 29.2 Å².